The topological polar surface area (TPSA) is 108 Å². The smallest absolute Gasteiger partial charge is 0.271 e. The van der Waals surface area contributed by atoms with E-state index in [1.165, 1.54) is 41.9 Å². The molecule has 1 amide bonds. The number of sulfonamides is 1. The van der Waals surface area contributed by atoms with E-state index in [-0.39, 0.29) is 22.0 Å². The molecule has 0 aliphatic carbocycles. The molecule has 0 saturated heterocycles. The van der Waals surface area contributed by atoms with Crippen LogP contribution in [0, 0.1) is 0 Å². The Morgan fingerprint density at radius 1 is 1.28 bits per heavy atom. The number of nitrogens with zero attached hydrogens (tertiary/aromatic N) is 2. The van der Waals surface area contributed by atoms with Gasteiger partial charge < -0.3 is 9.84 Å². The maximum absolute atomic E-state index is 12.6. The molecule has 0 aliphatic heterocycles. The monoisotopic (exact) mass is 483 g/mol. The normalized spacial score (nSPS) is 11.8. The zero-order valence-electron chi connectivity index (χ0n) is 16.2. The van der Waals surface area contributed by atoms with E-state index in [0.29, 0.717) is 23.1 Å². The van der Waals surface area contributed by atoms with E-state index < -0.39 is 15.9 Å². The van der Waals surface area contributed by atoms with Crippen molar-refractivity contribution in [1.29, 1.82) is 0 Å². The number of hydrogen-bond donors (Lipinski definition) is 2. The second-order valence-corrected chi connectivity index (χ2v) is 8.66. The van der Waals surface area contributed by atoms with Gasteiger partial charge in [-0.3, -0.25) is 4.79 Å². The molecule has 2 aromatic rings. The molecular formula is C19H22BrN3O5S. The van der Waals surface area contributed by atoms with Crippen molar-refractivity contribution < 1.29 is 23.1 Å². The molecule has 0 aliphatic rings. The minimum Gasteiger partial charge on any atom is -0.503 e. The van der Waals surface area contributed by atoms with Gasteiger partial charge in [-0.05, 0) is 51.8 Å². The fourth-order valence-corrected chi connectivity index (χ4v) is 4.53. The lowest BCUT2D eigenvalue weighted by molar-refractivity contribution is 0.0955. The Morgan fingerprint density at radius 3 is 2.59 bits per heavy atom. The van der Waals surface area contributed by atoms with Crippen molar-refractivity contribution in [3.63, 3.8) is 0 Å². The number of halogens is 1. The maximum Gasteiger partial charge on any atom is 0.271 e. The van der Waals surface area contributed by atoms with Crippen molar-refractivity contribution in [2.75, 3.05) is 20.2 Å². The molecule has 0 radical (unpaired) electrons. The van der Waals surface area contributed by atoms with Crippen LogP contribution in [0.5, 0.6) is 11.5 Å². The number of ether oxygens (including phenoxy) is 1. The number of phenols is 1. The maximum atomic E-state index is 12.6. The second kappa shape index (κ2) is 9.86. The van der Waals surface area contributed by atoms with E-state index in [2.05, 4.69) is 26.5 Å². The van der Waals surface area contributed by atoms with E-state index in [9.17, 15) is 18.3 Å². The highest BCUT2D eigenvalue weighted by Gasteiger charge is 2.22. The SMILES string of the molecule is CCN(CC)S(=O)(=O)c1cccc(C(=O)N/N=C/c2cc(Br)c(O)c(OC)c2)c1. The summed E-state index contributed by atoms with van der Waals surface area (Å²) in [4.78, 5) is 12.4. The van der Waals surface area contributed by atoms with Crippen LogP contribution in [0.2, 0.25) is 0 Å². The summed E-state index contributed by atoms with van der Waals surface area (Å²) < 4.78 is 32.0. The van der Waals surface area contributed by atoms with Crippen LogP contribution in [0.1, 0.15) is 29.8 Å². The summed E-state index contributed by atoms with van der Waals surface area (Å²) >= 11 is 3.21. The number of nitrogens with one attached hydrogen (secondary N) is 1. The molecule has 0 spiro atoms. The molecule has 2 aromatic carbocycles. The number of amides is 1. The van der Waals surface area contributed by atoms with Gasteiger partial charge in [0.15, 0.2) is 11.5 Å². The average molecular weight is 484 g/mol. The standard InChI is InChI=1S/C19H22BrN3O5S/c1-4-23(5-2)29(26,27)15-8-6-7-14(11-15)19(25)22-21-12-13-9-16(20)18(24)17(10-13)28-3/h6-12,24H,4-5H2,1-3H3,(H,22,25)/b21-12+. The zero-order valence-corrected chi connectivity index (χ0v) is 18.6. The average Bonchev–Trinajstić information content (AvgIpc) is 2.71. The molecule has 0 heterocycles. The summed E-state index contributed by atoms with van der Waals surface area (Å²) in [5.41, 5.74) is 3.10. The Bertz CT molecular complexity index is 1020. The molecule has 10 heteroatoms. The van der Waals surface area contributed by atoms with E-state index in [4.69, 9.17) is 4.74 Å². The molecule has 0 bridgehead atoms. The van der Waals surface area contributed by atoms with Crippen molar-refractivity contribution in [1.82, 2.24) is 9.73 Å². The number of aromatic hydroxyl groups is 1. The number of benzene rings is 2. The van der Waals surface area contributed by atoms with Gasteiger partial charge in [0.2, 0.25) is 10.0 Å². The Hall–Kier alpha value is -2.43. The van der Waals surface area contributed by atoms with Crippen LogP contribution in [0.4, 0.5) is 0 Å². The number of hydrogen-bond acceptors (Lipinski definition) is 6. The number of phenolic OH excluding ortho intramolecular Hbond substituents is 1. The predicted molar refractivity (Wildman–Crippen MR) is 114 cm³/mol. The van der Waals surface area contributed by atoms with Gasteiger partial charge >= 0.3 is 0 Å². The quantitative estimate of drug-likeness (QED) is 0.443. The summed E-state index contributed by atoms with van der Waals surface area (Å²) in [5.74, 6) is -0.343. The highest BCUT2D eigenvalue weighted by atomic mass is 79.9. The van der Waals surface area contributed by atoms with Gasteiger partial charge in [-0.2, -0.15) is 9.41 Å². The van der Waals surface area contributed by atoms with Crippen molar-refractivity contribution >= 4 is 38.1 Å². The summed E-state index contributed by atoms with van der Waals surface area (Å²) in [6.45, 7) is 4.18. The van der Waals surface area contributed by atoms with Gasteiger partial charge in [-0.25, -0.2) is 13.8 Å². The van der Waals surface area contributed by atoms with E-state index in [0.717, 1.165) is 0 Å². The largest absolute Gasteiger partial charge is 0.503 e. The van der Waals surface area contributed by atoms with Crippen LogP contribution in [0.3, 0.4) is 0 Å². The highest BCUT2D eigenvalue weighted by molar-refractivity contribution is 9.10. The molecule has 8 nitrogen and oxygen atoms in total. The lowest BCUT2D eigenvalue weighted by Gasteiger charge is -2.18. The van der Waals surface area contributed by atoms with Crippen molar-refractivity contribution in [2.45, 2.75) is 18.7 Å². The molecule has 0 fully saturated rings. The van der Waals surface area contributed by atoms with Crippen LogP contribution in [0.25, 0.3) is 0 Å². The third kappa shape index (κ3) is 5.34. The van der Waals surface area contributed by atoms with E-state index in [1.807, 2.05) is 0 Å². The van der Waals surface area contributed by atoms with Crippen LogP contribution < -0.4 is 10.2 Å². The molecule has 0 saturated carbocycles. The Morgan fingerprint density at radius 2 is 1.97 bits per heavy atom. The van der Waals surface area contributed by atoms with Crippen molar-refractivity contribution in [3.8, 4) is 11.5 Å². The molecule has 156 valence electrons. The van der Waals surface area contributed by atoms with E-state index >= 15 is 0 Å². The number of methoxy groups -OCH3 is 1. The van der Waals surface area contributed by atoms with Crippen LogP contribution in [0.15, 0.2) is 50.9 Å². The van der Waals surface area contributed by atoms with Gasteiger partial charge in [0.25, 0.3) is 5.91 Å². The van der Waals surface area contributed by atoms with Gasteiger partial charge in [0, 0.05) is 18.7 Å². The highest BCUT2D eigenvalue weighted by Crippen LogP contribution is 2.34. The van der Waals surface area contributed by atoms with Crippen molar-refractivity contribution in [3.05, 3.63) is 52.0 Å². The van der Waals surface area contributed by atoms with Crippen LogP contribution >= 0.6 is 15.9 Å². The third-order valence-electron chi connectivity index (χ3n) is 4.09. The third-order valence-corrected chi connectivity index (χ3v) is 6.74. The van der Waals surface area contributed by atoms with Gasteiger partial charge in [-0.1, -0.05) is 19.9 Å². The van der Waals surface area contributed by atoms with Gasteiger partial charge in [0.1, 0.15) is 0 Å². The first-order chi connectivity index (χ1) is 13.7. The minimum absolute atomic E-state index is 0.0417. The van der Waals surface area contributed by atoms with Gasteiger partial charge in [-0.15, -0.1) is 0 Å². The number of hydrazone groups is 1. The van der Waals surface area contributed by atoms with Crippen molar-refractivity contribution in [2.24, 2.45) is 5.10 Å². The molecule has 2 rings (SSSR count). The lowest BCUT2D eigenvalue weighted by Crippen LogP contribution is -2.30. The Labute approximate surface area is 178 Å². The molecule has 0 atom stereocenters. The first-order valence-corrected chi connectivity index (χ1v) is 11.0. The minimum atomic E-state index is -3.67. The summed E-state index contributed by atoms with van der Waals surface area (Å²) in [5, 5.41) is 13.7. The van der Waals surface area contributed by atoms with Crippen LogP contribution in [-0.4, -0.2) is 50.2 Å². The lowest BCUT2D eigenvalue weighted by atomic mass is 10.2. The first kappa shape index (κ1) is 22.9. The first-order valence-electron chi connectivity index (χ1n) is 8.74. The molecule has 2 N–H and O–H groups in total. The summed E-state index contributed by atoms with van der Waals surface area (Å²) in [6.07, 6.45) is 1.38. The molecular weight excluding hydrogens is 462 g/mol. The number of carbonyl (C=O) groups is 1. The summed E-state index contributed by atoms with van der Waals surface area (Å²) in [7, 11) is -2.25. The Balaban J connectivity index is 2.18. The predicted octanol–water partition coefficient (Wildman–Crippen LogP) is 2.96. The fraction of sp³-hybridized carbons (Fsp3) is 0.263. The van der Waals surface area contributed by atoms with Gasteiger partial charge in [0.05, 0.1) is 22.7 Å². The zero-order chi connectivity index (χ0) is 21.6. The molecule has 29 heavy (non-hydrogen) atoms. The Kier molecular flexibility index (Phi) is 7.77. The fourth-order valence-electron chi connectivity index (χ4n) is 2.56. The van der Waals surface area contributed by atoms with E-state index in [1.54, 1.807) is 26.0 Å². The molecule has 0 aromatic heterocycles. The second-order valence-electron chi connectivity index (χ2n) is 5.87. The summed E-state index contributed by atoms with van der Waals surface area (Å²) in [6, 6.07) is 8.94. The molecule has 0 unspecified atom stereocenters. The van der Waals surface area contributed by atoms with Crippen LogP contribution in [-0.2, 0) is 10.0 Å². The number of carbonyl (C=O) groups excluding carboxylic acids is 1. The number of rotatable bonds is 8.